The van der Waals surface area contributed by atoms with E-state index in [0.29, 0.717) is 37.2 Å². The van der Waals surface area contributed by atoms with E-state index in [9.17, 15) is 4.79 Å². The van der Waals surface area contributed by atoms with Crippen LogP contribution in [0.4, 0.5) is 5.82 Å². The summed E-state index contributed by atoms with van der Waals surface area (Å²) >= 11 is 0. The van der Waals surface area contributed by atoms with Crippen LogP contribution in [0.1, 0.15) is 5.56 Å². The lowest BCUT2D eigenvalue weighted by atomic mass is 10.1. The third-order valence-electron chi connectivity index (χ3n) is 4.99. The number of nitrogens with one attached hydrogen (secondary N) is 1. The van der Waals surface area contributed by atoms with Crippen LogP contribution in [0.3, 0.4) is 0 Å². The topological polar surface area (TPSA) is 104 Å². The molecule has 30 heavy (non-hydrogen) atoms. The van der Waals surface area contributed by atoms with Crippen LogP contribution in [0.15, 0.2) is 49.2 Å². The van der Waals surface area contributed by atoms with Gasteiger partial charge in [0.15, 0.2) is 11.5 Å². The molecule has 1 unspecified atom stereocenters. The summed E-state index contributed by atoms with van der Waals surface area (Å²) in [6, 6.07) is 6.94. The molecule has 10 nitrogen and oxygen atoms in total. The summed E-state index contributed by atoms with van der Waals surface area (Å²) in [5.41, 5.74) is 0.931. The first-order valence-corrected chi connectivity index (χ1v) is 9.60. The molecular weight excluding hydrogens is 388 g/mol. The van der Waals surface area contributed by atoms with E-state index in [-0.39, 0.29) is 19.3 Å². The van der Waals surface area contributed by atoms with E-state index in [1.807, 2.05) is 23.1 Å². The summed E-state index contributed by atoms with van der Waals surface area (Å²) in [5, 5.41) is 2.99. The molecule has 1 amide bonds. The second kappa shape index (κ2) is 7.99. The molecule has 3 aromatic rings. The minimum absolute atomic E-state index is 0.129. The van der Waals surface area contributed by atoms with Crippen molar-refractivity contribution >= 4 is 11.7 Å². The van der Waals surface area contributed by atoms with Gasteiger partial charge in [0, 0.05) is 31.7 Å². The summed E-state index contributed by atoms with van der Waals surface area (Å²) in [6.45, 7) is 1.97. The Morgan fingerprint density at radius 2 is 2.13 bits per heavy atom. The van der Waals surface area contributed by atoms with E-state index in [1.165, 1.54) is 0 Å². The predicted molar refractivity (Wildman–Crippen MR) is 106 cm³/mol. The Hall–Kier alpha value is -3.66. The zero-order valence-corrected chi connectivity index (χ0v) is 16.1. The van der Waals surface area contributed by atoms with Gasteiger partial charge in [0.1, 0.15) is 18.2 Å². The zero-order chi connectivity index (χ0) is 20.3. The Morgan fingerprint density at radius 3 is 3.03 bits per heavy atom. The number of fused-ring (bicyclic) bond motifs is 1. The predicted octanol–water partition coefficient (Wildman–Crippen LogP) is 0.913. The highest BCUT2D eigenvalue weighted by molar-refractivity contribution is 5.85. The highest BCUT2D eigenvalue weighted by Gasteiger charge is 2.30. The van der Waals surface area contributed by atoms with E-state index in [1.54, 1.807) is 35.6 Å². The van der Waals surface area contributed by atoms with Crippen LogP contribution in [0, 0.1) is 0 Å². The van der Waals surface area contributed by atoms with Crippen molar-refractivity contribution in [3.8, 4) is 17.4 Å². The average Bonchev–Trinajstić information content (AvgIpc) is 3.49. The minimum atomic E-state index is -0.488. The van der Waals surface area contributed by atoms with E-state index in [2.05, 4.69) is 20.3 Å². The Balaban J connectivity index is 1.30. The van der Waals surface area contributed by atoms with Crippen LogP contribution in [0.25, 0.3) is 5.95 Å². The minimum Gasteiger partial charge on any atom is -0.454 e. The second-order valence-electron chi connectivity index (χ2n) is 6.87. The molecule has 5 rings (SSSR count). The van der Waals surface area contributed by atoms with Crippen molar-refractivity contribution < 1.29 is 19.0 Å². The van der Waals surface area contributed by atoms with Gasteiger partial charge in [-0.05, 0) is 23.8 Å². The molecule has 0 aliphatic carbocycles. The number of anilines is 1. The van der Waals surface area contributed by atoms with E-state index in [0.717, 1.165) is 11.3 Å². The molecule has 154 valence electrons. The van der Waals surface area contributed by atoms with E-state index < -0.39 is 6.04 Å². The molecule has 1 N–H and O–H groups in total. The molecule has 1 aromatic carbocycles. The van der Waals surface area contributed by atoms with E-state index in [4.69, 9.17) is 14.2 Å². The lowest BCUT2D eigenvalue weighted by Gasteiger charge is -2.35. The van der Waals surface area contributed by atoms with Gasteiger partial charge < -0.3 is 24.4 Å². The first-order valence-electron chi connectivity index (χ1n) is 9.60. The number of amides is 1. The molecule has 0 bridgehead atoms. The quantitative estimate of drug-likeness (QED) is 0.665. The monoisotopic (exact) mass is 408 g/mol. The van der Waals surface area contributed by atoms with Gasteiger partial charge in [-0.25, -0.2) is 9.97 Å². The molecule has 2 aliphatic heterocycles. The van der Waals surface area contributed by atoms with Crippen molar-refractivity contribution in [1.82, 2.24) is 24.8 Å². The van der Waals surface area contributed by atoms with Gasteiger partial charge in [-0.2, -0.15) is 4.98 Å². The van der Waals surface area contributed by atoms with Crippen LogP contribution >= 0.6 is 0 Å². The highest BCUT2D eigenvalue weighted by Crippen LogP contribution is 2.32. The smallest absolute Gasteiger partial charge is 0.245 e. The van der Waals surface area contributed by atoms with Crippen LogP contribution < -0.4 is 19.7 Å². The first-order chi connectivity index (χ1) is 14.8. The maximum absolute atomic E-state index is 13.0. The van der Waals surface area contributed by atoms with Crippen molar-refractivity contribution in [3.05, 3.63) is 54.7 Å². The number of rotatable bonds is 5. The van der Waals surface area contributed by atoms with Gasteiger partial charge in [-0.15, -0.1) is 0 Å². The fourth-order valence-corrected chi connectivity index (χ4v) is 3.45. The molecule has 1 fully saturated rings. The molecule has 1 atom stereocenters. The standard InChI is InChI=1S/C20H20N6O4/c27-19(23-10-14-1-2-16-17(9-14)30-13-29-16)15-11-28-8-7-26(15)18-3-4-22-20(24-18)25-6-5-21-12-25/h1-6,9,12,15H,7-8,10-11,13H2,(H,23,27). The van der Waals surface area contributed by atoms with Crippen molar-refractivity contribution in [3.63, 3.8) is 0 Å². The molecule has 4 heterocycles. The van der Waals surface area contributed by atoms with Gasteiger partial charge in [0.05, 0.1) is 13.2 Å². The SMILES string of the molecule is O=C(NCc1ccc2c(c1)OCO2)C1COCCN1c1ccnc(-n2ccnc2)n1. The maximum atomic E-state index is 13.0. The molecule has 10 heteroatoms. The largest absolute Gasteiger partial charge is 0.454 e. The summed E-state index contributed by atoms with van der Waals surface area (Å²) < 4.78 is 18.0. The van der Waals surface area contributed by atoms with Crippen LogP contribution in [0.5, 0.6) is 11.5 Å². The Kier molecular flexibility index (Phi) is 4.89. The molecule has 0 radical (unpaired) electrons. The molecule has 2 aromatic heterocycles. The number of imidazole rings is 1. The Labute approximate surface area is 172 Å². The lowest BCUT2D eigenvalue weighted by Crippen LogP contribution is -2.54. The number of hydrogen-bond acceptors (Lipinski definition) is 8. The second-order valence-corrected chi connectivity index (χ2v) is 6.87. The van der Waals surface area contributed by atoms with Crippen molar-refractivity contribution in [2.24, 2.45) is 0 Å². The third kappa shape index (κ3) is 3.64. The van der Waals surface area contributed by atoms with Crippen molar-refractivity contribution in [2.75, 3.05) is 31.5 Å². The number of hydrogen-bond donors (Lipinski definition) is 1. The van der Waals surface area contributed by atoms with Gasteiger partial charge in [0.2, 0.25) is 18.6 Å². The number of aromatic nitrogens is 4. The fourth-order valence-electron chi connectivity index (χ4n) is 3.45. The maximum Gasteiger partial charge on any atom is 0.245 e. The number of benzene rings is 1. The third-order valence-corrected chi connectivity index (χ3v) is 4.99. The van der Waals surface area contributed by atoms with Gasteiger partial charge >= 0.3 is 0 Å². The Morgan fingerprint density at radius 1 is 1.20 bits per heavy atom. The molecule has 0 spiro atoms. The summed E-state index contributed by atoms with van der Waals surface area (Å²) in [6.07, 6.45) is 6.74. The Bertz CT molecular complexity index is 1040. The summed E-state index contributed by atoms with van der Waals surface area (Å²) in [7, 11) is 0. The fraction of sp³-hybridized carbons (Fsp3) is 0.300. The van der Waals surface area contributed by atoms with Crippen LogP contribution in [0.2, 0.25) is 0 Å². The number of carbonyl (C=O) groups is 1. The van der Waals surface area contributed by atoms with Crippen molar-refractivity contribution in [1.29, 1.82) is 0 Å². The number of ether oxygens (including phenoxy) is 3. The lowest BCUT2D eigenvalue weighted by molar-refractivity contribution is -0.124. The van der Waals surface area contributed by atoms with Gasteiger partial charge in [-0.1, -0.05) is 6.07 Å². The molecular formula is C20H20N6O4. The number of morpholine rings is 1. The molecule has 0 saturated carbocycles. The first kappa shape index (κ1) is 18.4. The zero-order valence-electron chi connectivity index (χ0n) is 16.1. The highest BCUT2D eigenvalue weighted by atomic mass is 16.7. The van der Waals surface area contributed by atoms with Gasteiger partial charge in [-0.3, -0.25) is 9.36 Å². The average molecular weight is 408 g/mol. The number of carbonyl (C=O) groups excluding carboxylic acids is 1. The van der Waals surface area contributed by atoms with Gasteiger partial charge in [0.25, 0.3) is 0 Å². The summed E-state index contributed by atoms with van der Waals surface area (Å²) in [4.78, 5) is 27.8. The van der Waals surface area contributed by atoms with E-state index >= 15 is 0 Å². The van der Waals surface area contributed by atoms with Crippen LogP contribution in [-0.2, 0) is 16.1 Å². The normalized spacial score (nSPS) is 17.7. The van der Waals surface area contributed by atoms with Crippen molar-refractivity contribution in [2.45, 2.75) is 12.6 Å². The molecule has 2 aliphatic rings. The molecule has 1 saturated heterocycles. The van der Waals surface area contributed by atoms with Crippen LogP contribution in [-0.4, -0.2) is 58.0 Å². The number of nitrogens with zero attached hydrogens (tertiary/aromatic N) is 5. The summed E-state index contributed by atoms with van der Waals surface area (Å²) in [5.74, 6) is 2.44.